The molecule has 0 unspecified atom stereocenters. The zero-order valence-corrected chi connectivity index (χ0v) is 16.6. The number of H-pyrrole nitrogens is 1. The van der Waals surface area contributed by atoms with E-state index in [0.717, 1.165) is 30.5 Å². The molecule has 150 valence electrons. The van der Waals surface area contributed by atoms with Gasteiger partial charge in [-0.05, 0) is 48.9 Å². The minimum absolute atomic E-state index is 0.0129. The van der Waals surface area contributed by atoms with Gasteiger partial charge in [0, 0.05) is 17.7 Å². The van der Waals surface area contributed by atoms with Crippen LogP contribution in [0.2, 0.25) is 0 Å². The SMILES string of the molecule is CCCCCCCOC(=O)c1[nH]c2c(c1C)C(=O)C[C@H](c1ccc(F)cc1)C2. The molecule has 1 aromatic heterocycles. The molecule has 0 radical (unpaired) electrons. The monoisotopic (exact) mass is 385 g/mol. The lowest BCUT2D eigenvalue weighted by Gasteiger charge is -2.22. The fraction of sp³-hybridized carbons (Fsp3) is 0.478. The van der Waals surface area contributed by atoms with E-state index in [-0.39, 0.29) is 17.5 Å². The van der Waals surface area contributed by atoms with Crippen molar-refractivity contribution in [1.29, 1.82) is 0 Å². The van der Waals surface area contributed by atoms with Gasteiger partial charge < -0.3 is 9.72 Å². The van der Waals surface area contributed by atoms with Crippen molar-refractivity contribution in [2.24, 2.45) is 0 Å². The van der Waals surface area contributed by atoms with Crippen molar-refractivity contribution in [3.8, 4) is 0 Å². The highest BCUT2D eigenvalue weighted by Gasteiger charge is 2.32. The van der Waals surface area contributed by atoms with E-state index in [0.29, 0.717) is 36.3 Å². The van der Waals surface area contributed by atoms with Gasteiger partial charge in [0.25, 0.3) is 0 Å². The Hall–Kier alpha value is -2.43. The number of ketones is 1. The fourth-order valence-corrected chi connectivity index (χ4v) is 3.95. The number of rotatable bonds is 8. The number of carbonyl (C=O) groups excluding carboxylic acids is 2. The van der Waals surface area contributed by atoms with Crippen LogP contribution < -0.4 is 0 Å². The summed E-state index contributed by atoms with van der Waals surface area (Å²) >= 11 is 0. The van der Waals surface area contributed by atoms with Crippen LogP contribution in [0.15, 0.2) is 24.3 Å². The van der Waals surface area contributed by atoms with Gasteiger partial charge in [0.15, 0.2) is 5.78 Å². The van der Waals surface area contributed by atoms with Crippen LogP contribution in [0.5, 0.6) is 0 Å². The number of fused-ring (bicyclic) bond motifs is 1. The maximum atomic E-state index is 13.2. The van der Waals surface area contributed by atoms with Crippen LogP contribution in [0.1, 0.15) is 89.0 Å². The van der Waals surface area contributed by atoms with Crippen molar-refractivity contribution in [3.05, 3.63) is 58.2 Å². The molecule has 28 heavy (non-hydrogen) atoms. The fourth-order valence-electron chi connectivity index (χ4n) is 3.95. The van der Waals surface area contributed by atoms with Crippen LogP contribution in [-0.2, 0) is 11.2 Å². The first kappa shape index (κ1) is 20.3. The molecular weight excluding hydrogens is 357 g/mol. The molecule has 0 amide bonds. The normalized spacial score (nSPS) is 16.1. The Labute approximate surface area is 165 Å². The van der Waals surface area contributed by atoms with Crippen LogP contribution >= 0.6 is 0 Å². The molecule has 0 saturated carbocycles. The molecule has 0 bridgehead atoms. The molecule has 1 aliphatic rings. The van der Waals surface area contributed by atoms with Gasteiger partial charge in [-0.2, -0.15) is 0 Å². The number of Topliss-reactive ketones (excluding diaryl/α,β-unsaturated/α-hetero) is 1. The van der Waals surface area contributed by atoms with Gasteiger partial charge in [-0.15, -0.1) is 0 Å². The number of benzene rings is 1. The Balaban J connectivity index is 1.67. The van der Waals surface area contributed by atoms with Gasteiger partial charge in [-0.1, -0.05) is 44.7 Å². The molecule has 3 rings (SSSR count). The number of ether oxygens (including phenoxy) is 1. The largest absolute Gasteiger partial charge is 0.461 e. The summed E-state index contributed by atoms with van der Waals surface area (Å²) in [5.74, 6) is -0.681. The Morgan fingerprint density at radius 2 is 1.86 bits per heavy atom. The molecule has 1 atom stereocenters. The number of unbranched alkanes of at least 4 members (excludes halogenated alkanes) is 4. The van der Waals surface area contributed by atoms with Crippen molar-refractivity contribution < 1.29 is 18.7 Å². The van der Waals surface area contributed by atoms with E-state index < -0.39 is 5.97 Å². The van der Waals surface area contributed by atoms with Crippen molar-refractivity contribution in [2.75, 3.05) is 6.61 Å². The zero-order valence-electron chi connectivity index (χ0n) is 16.6. The molecule has 1 aliphatic carbocycles. The summed E-state index contributed by atoms with van der Waals surface area (Å²) in [4.78, 5) is 28.3. The van der Waals surface area contributed by atoms with Crippen molar-refractivity contribution in [2.45, 2.75) is 64.7 Å². The first-order chi connectivity index (χ1) is 13.5. The second-order valence-corrected chi connectivity index (χ2v) is 7.61. The summed E-state index contributed by atoms with van der Waals surface area (Å²) in [7, 11) is 0. The summed E-state index contributed by atoms with van der Waals surface area (Å²) < 4.78 is 18.6. The molecule has 1 N–H and O–H groups in total. The lowest BCUT2D eigenvalue weighted by molar-refractivity contribution is 0.0490. The second kappa shape index (κ2) is 9.18. The molecular formula is C23H28FNO3. The van der Waals surface area contributed by atoms with Crippen molar-refractivity contribution >= 4 is 11.8 Å². The number of aromatic nitrogens is 1. The number of hydrogen-bond acceptors (Lipinski definition) is 3. The molecule has 1 heterocycles. The average molecular weight is 385 g/mol. The summed E-state index contributed by atoms with van der Waals surface area (Å²) in [5, 5.41) is 0. The summed E-state index contributed by atoms with van der Waals surface area (Å²) in [6.07, 6.45) is 6.44. The smallest absolute Gasteiger partial charge is 0.355 e. The van der Waals surface area contributed by atoms with Crippen molar-refractivity contribution in [1.82, 2.24) is 4.98 Å². The predicted octanol–water partition coefficient (Wildman–Crippen LogP) is 5.50. The van der Waals surface area contributed by atoms with Gasteiger partial charge in [-0.25, -0.2) is 9.18 Å². The zero-order chi connectivity index (χ0) is 20.1. The minimum atomic E-state index is -0.395. The van der Waals surface area contributed by atoms with Gasteiger partial charge in [0.1, 0.15) is 11.5 Å². The number of aromatic amines is 1. The molecule has 2 aromatic rings. The van der Waals surface area contributed by atoms with E-state index >= 15 is 0 Å². The molecule has 0 fully saturated rings. The highest BCUT2D eigenvalue weighted by Crippen LogP contribution is 2.35. The highest BCUT2D eigenvalue weighted by molar-refractivity contribution is 6.03. The molecule has 1 aromatic carbocycles. The number of esters is 1. The van der Waals surface area contributed by atoms with Gasteiger partial charge in [0.05, 0.1) is 6.61 Å². The van der Waals surface area contributed by atoms with Crippen LogP contribution in [0.3, 0.4) is 0 Å². The third kappa shape index (κ3) is 4.51. The number of hydrogen-bond donors (Lipinski definition) is 1. The predicted molar refractivity (Wildman–Crippen MR) is 106 cm³/mol. The van der Waals surface area contributed by atoms with Crippen LogP contribution in [0, 0.1) is 12.7 Å². The first-order valence-corrected chi connectivity index (χ1v) is 10.2. The first-order valence-electron chi connectivity index (χ1n) is 10.2. The maximum absolute atomic E-state index is 13.2. The molecule has 0 spiro atoms. The van der Waals surface area contributed by atoms with Crippen LogP contribution in [-0.4, -0.2) is 23.3 Å². The summed E-state index contributed by atoms with van der Waals surface area (Å²) in [5.41, 5.74) is 3.38. The topological polar surface area (TPSA) is 59.2 Å². The lowest BCUT2D eigenvalue weighted by Crippen LogP contribution is -2.18. The number of halogens is 1. The van der Waals surface area contributed by atoms with Gasteiger partial charge in [-0.3, -0.25) is 4.79 Å². The number of nitrogens with one attached hydrogen (secondary N) is 1. The summed E-state index contributed by atoms with van der Waals surface area (Å²) in [6, 6.07) is 6.28. The summed E-state index contributed by atoms with van der Waals surface area (Å²) in [6.45, 7) is 4.36. The highest BCUT2D eigenvalue weighted by atomic mass is 19.1. The maximum Gasteiger partial charge on any atom is 0.355 e. The van der Waals surface area contributed by atoms with Crippen LogP contribution in [0.25, 0.3) is 0 Å². The Morgan fingerprint density at radius 3 is 2.57 bits per heavy atom. The lowest BCUT2D eigenvalue weighted by atomic mass is 9.81. The third-order valence-electron chi connectivity index (χ3n) is 5.52. The average Bonchev–Trinajstić information content (AvgIpc) is 3.02. The third-order valence-corrected chi connectivity index (χ3v) is 5.52. The quantitative estimate of drug-likeness (QED) is 0.482. The Morgan fingerprint density at radius 1 is 1.14 bits per heavy atom. The molecule has 0 aliphatic heterocycles. The Kier molecular flexibility index (Phi) is 6.65. The molecule has 0 saturated heterocycles. The number of carbonyl (C=O) groups is 2. The van der Waals surface area contributed by atoms with E-state index in [9.17, 15) is 14.0 Å². The molecule has 4 nitrogen and oxygen atoms in total. The van der Waals surface area contributed by atoms with Gasteiger partial charge >= 0.3 is 5.97 Å². The van der Waals surface area contributed by atoms with Crippen LogP contribution in [0.4, 0.5) is 4.39 Å². The van der Waals surface area contributed by atoms with Gasteiger partial charge in [0.2, 0.25) is 0 Å². The Bertz CT molecular complexity index is 838. The van der Waals surface area contributed by atoms with E-state index in [1.54, 1.807) is 19.1 Å². The molecule has 5 heteroatoms. The minimum Gasteiger partial charge on any atom is -0.461 e. The second-order valence-electron chi connectivity index (χ2n) is 7.61. The van der Waals surface area contributed by atoms with E-state index in [4.69, 9.17) is 4.74 Å². The van der Waals surface area contributed by atoms with Crippen molar-refractivity contribution in [3.63, 3.8) is 0 Å². The van der Waals surface area contributed by atoms with E-state index in [2.05, 4.69) is 11.9 Å². The van der Waals surface area contributed by atoms with E-state index in [1.807, 2.05) is 0 Å². The standard InChI is InChI=1S/C23H28FNO3/c1-3-4-5-6-7-12-28-23(27)22-15(2)21-19(25-22)13-17(14-20(21)26)16-8-10-18(24)11-9-16/h8-11,17,25H,3-7,12-14H2,1-2H3/t17-/m1/s1. The van der Waals surface area contributed by atoms with E-state index in [1.165, 1.54) is 25.0 Å².